The van der Waals surface area contributed by atoms with Gasteiger partial charge in [-0.05, 0) is 49.7 Å². The van der Waals surface area contributed by atoms with Gasteiger partial charge in [0.15, 0.2) is 6.29 Å². The number of hydrogen-bond acceptors (Lipinski definition) is 3. The van der Waals surface area contributed by atoms with Crippen LogP contribution in [0.25, 0.3) is 0 Å². The summed E-state index contributed by atoms with van der Waals surface area (Å²) in [6.45, 7) is 4.24. The second-order valence-electron chi connectivity index (χ2n) is 7.94. The summed E-state index contributed by atoms with van der Waals surface area (Å²) in [5.74, 6) is 1.34. The summed E-state index contributed by atoms with van der Waals surface area (Å²) in [6, 6.07) is 5.63. The molecule has 0 atom stereocenters. The minimum atomic E-state index is -0.149. The number of unbranched alkanes of at least 4 members (excludes halogenated alkanes) is 1. The Morgan fingerprint density at radius 1 is 1.12 bits per heavy atom. The standard InChI is InChI=1S/C22H33FO3/c1-3-4-5-16-13-25-22(26-14-16)18-8-6-17(7-9-18)19-10-11-20(15-24-2)21(23)12-19/h10-12,16-18,22H,3-9,13-15H2,1-2H3/t16-,17?,18?,22-. The Morgan fingerprint density at radius 3 is 2.46 bits per heavy atom. The van der Waals surface area contributed by atoms with Gasteiger partial charge in [0.25, 0.3) is 0 Å². The second-order valence-corrected chi connectivity index (χ2v) is 7.94. The van der Waals surface area contributed by atoms with Gasteiger partial charge in [-0.2, -0.15) is 0 Å². The highest BCUT2D eigenvalue weighted by molar-refractivity contribution is 5.27. The molecule has 2 aliphatic rings. The largest absolute Gasteiger partial charge is 0.380 e. The molecule has 2 fully saturated rings. The first kappa shape index (κ1) is 19.8. The fraction of sp³-hybridized carbons (Fsp3) is 0.727. The molecule has 0 bridgehead atoms. The maximum absolute atomic E-state index is 14.2. The average Bonchev–Trinajstić information content (AvgIpc) is 2.69. The van der Waals surface area contributed by atoms with Crippen molar-refractivity contribution in [3.05, 3.63) is 35.1 Å². The van der Waals surface area contributed by atoms with Gasteiger partial charge in [0.05, 0.1) is 19.8 Å². The molecule has 0 aromatic heterocycles. The molecule has 1 aliphatic carbocycles. The fourth-order valence-corrected chi connectivity index (χ4v) is 4.30. The van der Waals surface area contributed by atoms with Crippen LogP contribution in [0, 0.1) is 17.7 Å². The van der Waals surface area contributed by atoms with Gasteiger partial charge >= 0.3 is 0 Å². The van der Waals surface area contributed by atoms with E-state index in [0.717, 1.165) is 44.5 Å². The first-order valence-electron chi connectivity index (χ1n) is 10.2. The molecule has 0 spiro atoms. The molecule has 146 valence electrons. The van der Waals surface area contributed by atoms with E-state index in [0.29, 0.717) is 29.9 Å². The van der Waals surface area contributed by atoms with Gasteiger partial charge in [-0.15, -0.1) is 0 Å². The molecule has 1 saturated heterocycles. The number of halogens is 1. The van der Waals surface area contributed by atoms with Gasteiger partial charge in [0.1, 0.15) is 5.82 Å². The van der Waals surface area contributed by atoms with Gasteiger partial charge in [-0.3, -0.25) is 0 Å². The van der Waals surface area contributed by atoms with Crippen molar-refractivity contribution >= 4 is 0 Å². The molecule has 1 saturated carbocycles. The second kappa shape index (κ2) is 9.82. The first-order chi connectivity index (χ1) is 12.7. The van der Waals surface area contributed by atoms with Gasteiger partial charge in [-0.1, -0.05) is 31.9 Å². The quantitative estimate of drug-likeness (QED) is 0.646. The average molecular weight is 365 g/mol. The Kier molecular flexibility index (Phi) is 7.47. The minimum Gasteiger partial charge on any atom is -0.380 e. The Balaban J connectivity index is 1.47. The summed E-state index contributed by atoms with van der Waals surface area (Å²) in [6.07, 6.45) is 8.01. The van der Waals surface area contributed by atoms with E-state index >= 15 is 0 Å². The topological polar surface area (TPSA) is 27.7 Å². The molecule has 1 aliphatic heterocycles. The third-order valence-electron chi connectivity index (χ3n) is 5.96. The van der Waals surface area contributed by atoms with Crippen LogP contribution in [0.15, 0.2) is 18.2 Å². The third kappa shape index (κ3) is 5.05. The zero-order chi connectivity index (χ0) is 18.4. The van der Waals surface area contributed by atoms with Gasteiger partial charge in [0, 0.05) is 24.5 Å². The molecule has 0 unspecified atom stereocenters. The van der Waals surface area contributed by atoms with Gasteiger partial charge in [0.2, 0.25) is 0 Å². The molecule has 4 heteroatoms. The lowest BCUT2D eigenvalue weighted by atomic mass is 9.78. The van der Waals surface area contributed by atoms with Crippen molar-refractivity contribution in [3.8, 4) is 0 Å². The van der Waals surface area contributed by atoms with E-state index in [2.05, 4.69) is 13.0 Å². The van der Waals surface area contributed by atoms with Crippen molar-refractivity contribution in [3.63, 3.8) is 0 Å². The number of methoxy groups -OCH3 is 1. The number of ether oxygens (including phenoxy) is 3. The highest BCUT2D eigenvalue weighted by atomic mass is 19.1. The number of rotatable bonds is 7. The number of hydrogen-bond donors (Lipinski definition) is 0. The Bertz CT molecular complexity index is 546. The van der Waals surface area contributed by atoms with E-state index in [-0.39, 0.29) is 12.1 Å². The maximum Gasteiger partial charge on any atom is 0.160 e. The maximum atomic E-state index is 14.2. The molecule has 0 N–H and O–H groups in total. The predicted molar refractivity (Wildman–Crippen MR) is 101 cm³/mol. The molecule has 0 amide bonds. The first-order valence-corrected chi connectivity index (χ1v) is 10.2. The SMILES string of the molecule is CCCC[C@H]1CO[C@H](C2CCC(c3ccc(COC)c(F)c3)CC2)OC1. The van der Waals surface area contributed by atoms with Crippen LogP contribution >= 0.6 is 0 Å². The van der Waals surface area contributed by atoms with Crippen LogP contribution < -0.4 is 0 Å². The molecule has 1 heterocycles. The normalized spacial score (nSPS) is 29.7. The summed E-state index contributed by atoms with van der Waals surface area (Å²) in [5, 5.41) is 0. The van der Waals surface area contributed by atoms with Crippen LogP contribution in [-0.4, -0.2) is 26.6 Å². The van der Waals surface area contributed by atoms with Gasteiger partial charge < -0.3 is 14.2 Å². The van der Waals surface area contributed by atoms with Gasteiger partial charge in [-0.25, -0.2) is 4.39 Å². The third-order valence-corrected chi connectivity index (χ3v) is 5.96. The molecule has 26 heavy (non-hydrogen) atoms. The van der Waals surface area contributed by atoms with Crippen molar-refractivity contribution < 1.29 is 18.6 Å². The number of benzene rings is 1. The van der Waals surface area contributed by atoms with Crippen LogP contribution in [0.1, 0.15) is 68.9 Å². The van der Waals surface area contributed by atoms with Crippen molar-refractivity contribution in [2.75, 3.05) is 20.3 Å². The molecule has 1 aromatic carbocycles. The highest BCUT2D eigenvalue weighted by Gasteiger charge is 2.32. The van der Waals surface area contributed by atoms with E-state index in [1.54, 1.807) is 13.2 Å². The van der Waals surface area contributed by atoms with E-state index in [4.69, 9.17) is 14.2 Å². The zero-order valence-corrected chi connectivity index (χ0v) is 16.2. The van der Waals surface area contributed by atoms with Crippen molar-refractivity contribution in [2.24, 2.45) is 11.8 Å². The lowest BCUT2D eigenvalue weighted by Gasteiger charge is -2.37. The van der Waals surface area contributed by atoms with Crippen molar-refractivity contribution in [2.45, 2.75) is 70.7 Å². The lowest BCUT2D eigenvalue weighted by molar-refractivity contribution is -0.229. The van der Waals surface area contributed by atoms with Crippen LogP contribution in [0.5, 0.6) is 0 Å². The smallest absolute Gasteiger partial charge is 0.160 e. The predicted octanol–water partition coefficient (Wildman–Crippen LogP) is 5.43. The Labute approximate surface area is 157 Å². The molecule has 3 nitrogen and oxygen atoms in total. The van der Waals surface area contributed by atoms with Crippen LogP contribution in [0.2, 0.25) is 0 Å². The molecular weight excluding hydrogens is 331 g/mol. The Morgan fingerprint density at radius 2 is 1.85 bits per heavy atom. The summed E-state index contributed by atoms with van der Waals surface area (Å²) >= 11 is 0. The van der Waals surface area contributed by atoms with E-state index in [1.807, 2.05) is 6.07 Å². The van der Waals surface area contributed by atoms with E-state index in [9.17, 15) is 4.39 Å². The minimum absolute atomic E-state index is 0.0327. The molecule has 0 radical (unpaired) electrons. The summed E-state index contributed by atoms with van der Waals surface area (Å²) < 4.78 is 31.3. The highest BCUT2D eigenvalue weighted by Crippen LogP contribution is 2.39. The lowest BCUT2D eigenvalue weighted by Crippen LogP contribution is -2.38. The van der Waals surface area contributed by atoms with Crippen molar-refractivity contribution in [1.29, 1.82) is 0 Å². The molecule has 3 rings (SSSR count). The summed E-state index contributed by atoms with van der Waals surface area (Å²) in [7, 11) is 1.59. The summed E-state index contributed by atoms with van der Waals surface area (Å²) in [5.41, 5.74) is 1.75. The monoisotopic (exact) mass is 364 g/mol. The zero-order valence-electron chi connectivity index (χ0n) is 16.2. The Hall–Kier alpha value is -0.970. The fourth-order valence-electron chi connectivity index (χ4n) is 4.30. The van der Waals surface area contributed by atoms with E-state index < -0.39 is 0 Å². The van der Waals surface area contributed by atoms with Crippen molar-refractivity contribution in [1.82, 2.24) is 0 Å². The van der Waals surface area contributed by atoms with E-state index in [1.165, 1.54) is 19.3 Å². The molecule has 1 aromatic rings. The van der Waals surface area contributed by atoms with Crippen LogP contribution in [-0.2, 0) is 20.8 Å². The van der Waals surface area contributed by atoms with Crippen LogP contribution in [0.4, 0.5) is 4.39 Å². The van der Waals surface area contributed by atoms with Crippen LogP contribution in [0.3, 0.4) is 0 Å². The summed E-state index contributed by atoms with van der Waals surface area (Å²) in [4.78, 5) is 0. The molecular formula is C22H33FO3.